The van der Waals surface area contributed by atoms with Gasteiger partial charge in [-0.1, -0.05) is 19.9 Å². The Balaban J connectivity index is 1.55. The molecule has 32 heavy (non-hydrogen) atoms. The van der Waals surface area contributed by atoms with Gasteiger partial charge in [0.15, 0.2) is 5.69 Å². The first-order valence-electron chi connectivity index (χ1n) is 11.8. The molecule has 0 radical (unpaired) electrons. The lowest BCUT2D eigenvalue weighted by Gasteiger charge is -2.35. The van der Waals surface area contributed by atoms with Crippen molar-refractivity contribution in [3.63, 3.8) is 0 Å². The third-order valence-electron chi connectivity index (χ3n) is 6.49. The van der Waals surface area contributed by atoms with Crippen LogP contribution in [0.5, 0.6) is 0 Å². The molecule has 1 aliphatic carbocycles. The Kier molecular flexibility index (Phi) is 5.91. The Hall–Kier alpha value is -2.63. The molecule has 2 atom stereocenters. The van der Waals surface area contributed by atoms with Gasteiger partial charge in [0.1, 0.15) is 0 Å². The second-order valence-corrected chi connectivity index (χ2v) is 11.0. The van der Waals surface area contributed by atoms with Gasteiger partial charge in [0.2, 0.25) is 0 Å². The van der Waals surface area contributed by atoms with E-state index in [9.17, 15) is 9.59 Å². The molecule has 1 saturated carbocycles. The molecule has 1 aromatic heterocycles. The van der Waals surface area contributed by atoms with E-state index in [-0.39, 0.29) is 17.4 Å². The zero-order valence-electron chi connectivity index (χ0n) is 20.2. The Labute approximate surface area is 191 Å². The van der Waals surface area contributed by atoms with Crippen molar-refractivity contribution >= 4 is 17.5 Å². The highest BCUT2D eigenvalue weighted by Gasteiger charge is 2.33. The molecule has 2 aromatic rings. The quantitative estimate of drug-likeness (QED) is 0.717. The summed E-state index contributed by atoms with van der Waals surface area (Å²) in [6, 6.07) is 7.50. The van der Waals surface area contributed by atoms with E-state index >= 15 is 0 Å². The van der Waals surface area contributed by atoms with Crippen molar-refractivity contribution < 1.29 is 9.59 Å². The number of carbonyl (C=O) groups is 2. The monoisotopic (exact) mass is 436 g/mol. The second-order valence-electron chi connectivity index (χ2n) is 11.0. The van der Waals surface area contributed by atoms with E-state index in [2.05, 4.69) is 45.0 Å². The Bertz CT molecular complexity index is 1020. The van der Waals surface area contributed by atoms with Crippen LogP contribution >= 0.6 is 0 Å². The van der Waals surface area contributed by atoms with Gasteiger partial charge in [0.05, 0.1) is 5.54 Å². The molecule has 1 aliphatic heterocycles. The van der Waals surface area contributed by atoms with E-state index in [0.29, 0.717) is 34.7 Å². The topological polar surface area (TPSA) is 67.2 Å². The van der Waals surface area contributed by atoms with E-state index in [1.165, 1.54) is 0 Å². The van der Waals surface area contributed by atoms with Crippen LogP contribution in [0.25, 0.3) is 0 Å². The zero-order chi connectivity index (χ0) is 23.2. The van der Waals surface area contributed by atoms with Crippen LogP contribution in [0.3, 0.4) is 0 Å². The molecule has 2 amide bonds. The number of hydrogen-bond acceptors (Lipinski definition) is 3. The summed E-state index contributed by atoms with van der Waals surface area (Å²) in [5.74, 6) is 1.31. The summed E-state index contributed by atoms with van der Waals surface area (Å²) in [5, 5.41) is 7.65. The lowest BCUT2D eigenvalue weighted by molar-refractivity contribution is 0.0623. The summed E-state index contributed by atoms with van der Waals surface area (Å²) in [7, 11) is 0. The average Bonchev–Trinajstić information content (AvgIpc) is 3.44. The van der Waals surface area contributed by atoms with Gasteiger partial charge >= 0.3 is 0 Å². The van der Waals surface area contributed by atoms with Crippen LogP contribution in [0, 0.1) is 18.8 Å². The van der Waals surface area contributed by atoms with Crippen LogP contribution in [0.1, 0.15) is 91.9 Å². The van der Waals surface area contributed by atoms with Crippen molar-refractivity contribution in [3.8, 4) is 0 Å². The summed E-state index contributed by atoms with van der Waals surface area (Å²) in [5.41, 5.74) is 3.59. The van der Waals surface area contributed by atoms with Gasteiger partial charge in [-0.05, 0) is 82.6 Å². The predicted molar refractivity (Wildman–Crippen MR) is 127 cm³/mol. The van der Waals surface area contributed by atoms with Gasteiger partial charge < -0.3 is 10.2 Å². The molecule has 1 saturated heterocycles. The zero-order valence-corrected chi connectivity index (χ0v) is 20.2. The van der Waals surface area contributed by atoms with Crippen molar-refractivity contribution in [1.82, 2.24) is 14.7 Å². The van der Waals surface area contributed by atoms with Crippen LogP contribution in [0.2, 0.25) is 0 Å². The number of aryl methyl sites for hydroxylation is 1. The molecule has 2 fully saturated rings. The summed E-state index contributed by atoms with van der Waals surface area (Å²) in [6.07, 6.45) is 3.46. The number of nitrogens with zero attached hydrogens (tertiary/aromatic N) is 3. The molecule has 1 aromatic carbocycles. The van der Waals surface area contributed by atoms with Crippen LogP contribution in [0.4, 0.5) is 5.69 Å². The molecule has 4 rings (SSSR count). The van der Waals surface area contributed by atoms with Crippen molar-refractivity contribution in [3.05, 3.63) is 46.8 Å². The van der Waals surface area contributed by atoms with Crippen molar-refractivity contribution in [2.24, 2.45) is 11.8 Å². The van der Waals surface area contributed by atoms with Gasteiger partial charge in [-0.3, -0.25) is 14.3 Å². The number of hydrogen-bond donors (Lipinski definition) is 1. The molecule has 172 valence electrons. The number of benzene rings is 1. The van der Waals surface area contributed by atoms with Crippen LogP contribution in [0.15, 0.2) is 24.3 Å². The number of amides is 2. The first-order valence-corrected chi connectivity index (χ1v) is 11.8. The summed E-state index contributed by atoms with van der Waals surface area (Å²) in [4.78, 5) is 28.2. The van der Waals surface area contributed by atoms with E-state index in [4.69, 9.17) is 0 Å². The van der Waals surface area contributed by atoms with E-state index in [1.807, 2.05) is 40.8 Å². The largest absolute Gasteiger partial charge is 0.338 e. The molecule has 0 bridgehead atoms. The highest BCUT2D eigenvalue weighted by Crippen LogP contribution is 2.41. The summed E-state index contributed by atoms with van der Waals surface area (Å²) in [6.45, 7) is 14.2. The highest BCUT2D eigenvalue weighted by molar-refractivity contribution is 6.04. The number of carbonyl (C=O) groups excluding carboxylic acids is 2. The first-order chi connectivity index (χ1) is 15.0. The van der Waals surface area contributed by atoms with Crippen LogP contribution < -0.4 is 5.32 Å². The number of nitrogens with one attached hydrogen (secondary N) is 1. The molecular weight excluding hydrogens is 400 g/mol. The fraction of sp³-hybridized carbons (Fsp3) is 0.577. The number of likely N-dealkylation sites (tertiary alicyclic amines) is 1. The first kappa shape index (κ1) is 22.6. The van der Waals surface area contributed by atoms with Crippen LogP contribution in [-0.2, 0) is 5.54 Å². The maximum absolute atomic E-state index is 13.1. The van der Waals surface area contributed by atoms with Crippen molar-refractivity contribution in [1.29, 1.82) is 0 Å². The van der Waals surface area contributed by atoms with Gasteiger partial charge in [-0.15, -0.1) is 0 Å². The Morgan fingerprint density at radius 3 is 2.31 bits per heavy atom. The third kappa shape index (κ3) is 4.74. The number of piperidine rings is 1. The minimum Gasteiger partial charge on any atom is -0.338 e. The van der Waals surface area contributed by atoms with Gasteiger partial charge in [0.25, 0.3) is 11.8 Å². The molecule has 6 nitrogen and oxygen atoms in total. The maximum Gasteiger partial charge on any atom is 0.276 e. The molecule has 1 N–H and O–H groups in total. The number of aromatic nitrogens is 2. The molecular formula is C26H36N4O2. The van der Waals surface area contributed by atoms with Gasteiger partial charge in [0, 0.05) is 36.0 Å². The second kappa shape index (κ2) is 8.38. The fourth-order valence-electron chi connectivity index (χ4n) is 4.80. The minimum atomic E-state index is -0.234. The van der Waals surface area contributed by atoms with E-state index < -0.39 is 0 Å². The third-order valence-corrected chi connectivity index (χ3v) is 6.49. The smallest absolute Gasteiger partial charge is 0.276 e. The number of anilines is 1. The minimum absolute atomic E-state index is 0.0342. The average molecular weight is 437 g/mol. The standard InChI is InChI=1S/C26H36N4O2/c1-16-11-17(2)15-29(14-16)25(32)20-8-7-18(3)21(12-20)27-24(31)22-13-23(19-9-10-19)30(28-22)26(4,5)6/h7-8,12-13,16-17,19H,9-11,14-15H2,1-6H3,(H,27,31). The summed E-state index contributed by atoms with van der Waals surface area (Å²) < 4.78 is 1.99. The lowest BCUT2D eigenvalue weighted by atomic mass is 9.91. The fourth-order valence-corrected chi connectivity index (χ4v) is 4.80. The molecule has 6 heteroatoms. The number of rotatable bonds is 4. The molecule has 2 heterocycles. The predicted octanol–water partition coefficient (Wildman–Crippen LogP) is 5.19. The van der Waals surface area contributed by atoms with Crippen LogP contribution in [-0.4, -0.2) is 39.6 Å². The molecule has 0 spiro atoms. The van der Waals surface area contributed by atoms with Gasteiger partial charge in [-0.2, -0.15) is 5.10 Å². The van der Waals surface area contributed by atoms with E-state index in [0.717, 1.165) is 43.6 Å². The van der Waals surface area contributed by atoms with Crippen molar-refractivity contribution in [2.75, 3.05) is 18.4 Å². The lowest BCUT2D eigenvalue weighted by Crippen LogP contribution is -2.42. The molecule has 2 unspecified atom stereocenters. The maximum atomic E-state index is 13.1. The Morgan fingerprint density at radius 2 is 1.72 bits per heavy atom. The highest BCUT2D eigenvalue weighted by atomic mass is 16.2. The normalized spacial score (nSPS) is 21.5. The Morgan fingerprint density at radius 1 is 1.06 bits per heavy atom. The van der Waals surface area contributed by atoms with E-state index in [1.54, 1.807) is 0 Å². The van der Waals surface area contributed by atoms with Crippen molar-refractivity contribution in [2.45, 2.75) is 72.3 Å². The SMILES string of the molecule is Cc1ccc(C(=O)N2CC(C)CC(C)C2)cc1NC(=O)c1cc(C2CC2)n(C(C)(C)C)n1. The van der Waals surface area contributed by atoms with Gasteiger partial charge in [-0.25, -0.2) is 0 Å². The summed E-state index contributed by atoms with van der Waals surface area (Å²) >= 11 is 0. The molecule has 2 aliphatic rings.